The van der Waals surface area contributed by atoms with Crippen molar-refractivity contribution in [2.45, 2.75) is 25.4 Å². The molecule has 2 aromatic carbocycles. The Bertz CT molecular complexity index is 793. The Kier molecular flexibility index (Phi) is 4.39. The first-order valence-corrected chi connectivity index (χ1v) is 7.56. The quantitative estimate of drug-likeness (QED) is 0.732. The molecule has 0 fully saturated rings. The van der Waals surface area contributed by atoms with Gasteiger partial charge in [0.1, 0.15) is 11.6 Å². The minimum absolute atomic E-state index is 0.328. The lowest BCUT2D eigenvalue weighted by Crippen LogP contribution is -2.13. The average Bonchev–Trinajstić information content (AvgIpc) is 2.99. The Morgan fingerprint density at radius 2 is 1.91 bits per heavy atom. The molecule has 1 unspecified atom stereocenters. The minimum atomic E-state index is -0.761. The number of fused-ring (bicyclic) bond motifs is 1. The smallest absolute Gasteiger partial charge is 0.248 e. The maximum Gasteiger partial charge on any atom is 0.248 e. The third-order valence-electron chi connectivity index (χ3n) is 3.80. The minimum Gasteiger partial charge on any atom is -0.438 e. The molecule has 0 saturated carbocycles. The van der Waals surface area contributed by atoms with Gasteiger partial charge in [0.2, 0.25) is 11.8 Å². The van der Waals surface area contributed by atoms with Crippen molar-refractivity contribution < 1.29 is 14.3 Å². The van der Waals surface area contributed by atoms with Crippen LogP contribution in [-0.2, 0) is 6.42 Å². The third-order valence-corrected chi connectivity index (χ3v) is 3.80. The Labute approximate surface area is 133 Å². The molecule has 3 N–H and O–H groups in total. The summed E-state index contributed by atoms with van der Waals surface area (Å²) in [5.74, 6) is -0.102. The summed E-state index contributed by atoms with van der Waals surface area (Å²) in [6.07, 6.45) is 1.10. The van der Waals surface area contributed by atoms with E-state index < -0.39 is 12.0 Å². The summed E-state index contributed by atoms with van der Waals surface area (Å²) >= 11 is 0. The van der Waals surface area contributed by atoms with Crippen LogP contribution >= 0.6 is 0 Å². The summed E-state index contributed by atoms with van der Waals surface area (Å²) in [6.45, 7) is 0. The molecule has 1 atom stereocenters. The van der Waals surface area contributed by atoms with Crippen LogP contribution in [-0.4, -0.2) is 16.0 Å². The van der Waals surface area contributed by atoms with Gasteiger partial charge in [0.25, 0.3) is 0 Å². The number of hydrogen-bond donors (Lipinski definition) is 2. The number of aryl methyl sites for hydroxylation is 1. The number of hydrogen-bond acceptors (Lipinski definition) is 4. The number of para-hydroxylation sites is 2. The lowest BCUT2D eigenvalue weighted by atomic mass is 10.0. The van der Waals surface area contributed by atoms with E-state index in [0.29, 0.717) is 36.3 Å². The Balaban J connectivity index is 1.63. The van der Waals surface area contributed by atoms with Crippen molar-refractivity contribution in [1.29, 1.82) is 0 Å². The van der Waals surface area contributed by atoms with Crippen LogP contribution in [0.15, 0.2) is 52.9 Å². The van der Waals surface area contributed by atoms with E-state index in [2.05, 4.69) is 4.98 Å². The molecular weight excluding hydrogens is 292 g/mol. The molecule has 0 bridgehead atoms. The highest BCUT2D eigenvalue weighted by molar-refractivity contribution is 5.94. The molecule has 5 heteroatoms. The lowest BCUT2D eigenvalue weighted by molar-refractivity contribution is 0.0999. The number of carbonyl (C=O) groups is 1. The largest absolute Gasteiger partial charge is 0.438 e. The van der Waals surface area contributed by atoms with Crippen molar-refractivity contribution in [3.05, 3.63) is 65.5 Å². The average molecular weight is 310 g/mol. The van der Waals surface area contributed by atoms with E-state index in [1.165, 1.54) is 0 Å². The molecule has 3 aromatic rings. The second kappa shape index (κ2) is 6.62. The molecule has 1 amide bonds. The first-order valence-electron chi connectivity index (χ1n) is 7.56. The third kappa shape index (κ3) is 3.40. The van der Waals surface area contributed by atoms with Gasteiger partial charge in [0, 0.05) is 5.56 Å². The van der Waals surface area contributed by atoms with Crippen molar-refractivity contribution >= 4 is 17.0 Å². The molecule has 3 rings (SSSR count). The van der Waals surface area contributed by atoms with E-state index in [9.17, 15) is 9.90 Å². The number of nitrogens with two attached hydrogens (primary N) is 1. The van der Waals surface area contributed by atoms with Crippen LogP contribution in [0.5, 0.6) is 0 Å². The molecular formula is C18H18N2O3. The highest BCUT2D eigenvalue weighted by atomic mass is 16.4. The van der Waals surface area contributed by atoms with E-state index in [1.807, 2.05) is 36.4 Å². The van der Waals surface area contributed by atoms with Gasteiger partial charge in [-0.05, 0) is 43.0 Å². The van der Waals surface area contributed by atoms with Crippen LogP contribution in [0.4, 0.5) is 0 Å². The normalized spacial score (nSPS) is 12.4. The lowest BCUT2D eigenvalue weighted by Gasteiger charge is -2.08. The van der Waals surface area contributed by atoms with Crippen LogP contribution in [0, 0.1) is 0 Å². The number of primary amides is 1. The first kappa shape index (κ1) is 15.2. The van der Waals surface area contributed by atoms with Crippen LogP contribution in [0.25, 0.3) is 11.1 Å². The summed E-state index contributed by atoms with van der Waals surface area (Å²) < 4.78 is 5.56. The Morgan fingerprint density at radius 3 is 2.70 bits per heavy atom. The number of aliphatic hydroxyl groups excluding tert-OH is 1. The first-order chi connectivity index (χ1) is 11.1. The number of benzene rings is 2. The molecule has 0 aliphatic rings. The maximum absolute atomic E-state index is 11.4. The Morgan fingerprint density at radius 1 is 1.17 bits per heavy atom. The van der Waals surface area contributed by atoms with Gasteiger partial charge in [0.15, 0.2) is 5.58 Å². The maximum atomic E-state index is 11.4. The van der Waals surface area contributed by atoms with Crippen molar-refractivity contribution in [3.8, 4) is 0 Å². The number of rotatable bonds is 6. The Hall–Kier alpha value is -2.66. The van der Waals surface area contributed by atoms with Gasteiger partial charge in [-0.2, -0.15) is 0 Å². The molecule has 1 heterocycles. The summed E-state index contributed by atoms with van der Waals surface area (Å²) in [4.78, 5) is 15.7. The molecule has 5 nitrogen and oxygen atoms in total. The molecule has 1 aromatic heterocycles. The van der Waals surface area contributed by atoms with Gasteiger partial charge < -0.3 is 15.3 Å². The van der Waals surface area contributed by atoms with Crippen molar-refractivity contribution in [2.24, 2.45) is 5.73 Å². The standard InChI is InChI=1S/C18H18N2O3/c19-17(22)13-8-2-1-6-12(13)7-5-10-15(21)18-20-14-9-3-4-11-16(14)23-18/h1-4,6,8-9,11,15,21H,5,7,10H2,(H2,19,22). The molecule has 23 heavy (non-hydrogen) atoms. The molecule has 0 spiro atoms. The summed E-state index contributed by atoms with van der Waals surface area (Å²) in [7, 11) is 0. The van der Waals surface area contributed by atoms with E-state index in [0.717, 1.165) is 11.1 Å². The fourth-order valence-electron chi connectivity index (χ4n) is 2.62. The number of amides is 1. The zero-order valence-corrected chi connectivity index (χ0v) is 12.6. The fraction of sp³-hybridized carbons (Fsp3) is 0.222. The number of nitrogens with zero attached hydrogens (tertiary/aromatic N) is 1. The fourth-order valence-corrected chi connectivity index (χ4v) is 2.62. The summed E-state index contributed by atoms with van der Waals surface area (Å²) in [5, 5.41) is 10.2. The second-order valence-corrected chi connectivity index (χ2v) is 5.45. The van der Waals surface area contributed by atoms with Crippen molar-refractivity contribution in [3.63, 3.8) is 0 Å². The molecule has 0 aliphatic heterocycles. The van der Waals surface area contributed by atoms with Gasteiger partial charge in [-0.1, -0.05) is 30.3 Å². The van der Waals surface area contributed by atoms with Crippen LogP contribution < -0.4 is 5.73 Å². The second-order valence-electron chi connectivity index (χ2n) is 5.45. The van der Waals surface area contributed by atoms with Gasteiger partial charge in [-0.25, -0.2) is 4.98 Å². The highest BCUT2D eigenvalue weighted by Crippen LogP contribution is 2.24. The molecule has 0 saturated heterocycles. The topological polar surface area (TPSA) is 89.4 Å². The molecule has 0 aliphatic carbocycles. The van der Waals surface area contributed by atoms with E-state index in [-0.39, 0.29) is 0 Å². The predicted octanol–water partition coefficient (Wildman–Crippen LogP) is 2.98. The number of carbonyl (C=O) groups excluding carboxylic acids is 1. The predicted molar refractivity (Wildman–Crippen MR) is 86.9 cm³/mol. The number of aliphatic hydroxyl groups is 1. The monoisotopic (exact) mass is 310 g/mol. The number of oxazole rings is 1. The zero-order chi connectivity index (χ0) is 16.2. The molecule has 118 valence electrons. The molecule has 0 radical (unpaired) electrons. The van der Waals surface area contributed by atoms with Gasteiger partial charge in [0.05, 0.1) is 0 Å². The van der Waals surface area contributed by atoms with Crippen LogP contribution in [0.2, 0.25) is 0 Å². The summed E-state index contributed by atoms with van der Waals surface area (Å²) in [6, 6.07) is 14.7. The van der Waals surface area contributed by atoms with E-state index in [4.69, 9.17) is 10.2 Å². The SMILES string of the molecule is NC(=O)c1ccccc1CCCC(O)c1nc2ccccc2o1. The van der Waals surface area contributed by atoms with Gasteiger partial charge in [-0.3, -0.25) is 4.79 Å². The van der Waals surface area contributed by atoms with Crippen LogP contribution in [0.1, 0.15) is 40.8 Å². The van der Waals surface area contributed by atoms with E-state index >= 15 is 0 Å². The van der Waals surface area contributed by atoms with E-state index in [1.54, 1.807) is 12.1 Å². The van der Waals surface area contributed by atoms with Gasteiger partial charge >= 0.3 is 0 Å². The highest BCUT2D eigenvalue weighted by Gasteiger charge is 2.15. The van der Waals surface area contributed by atoms with Crippen molar-refractivity contribution in [2.75, 3.05) is 0 Å². The van der Waals surface area contributed by atoms with Crippen molar-refractivity contribution in [1.82, 2.24) is 4.98 Å². The zero-order valence-electron chi connectivity index (χ0n) is 12.6. The summed E-state index contributed by atoms with van der Waals surface area (Å²) in [5.41, 5.74) is 8.20. The number of aromatic nitrogens is 1. The van der Waals surface area contributed by atoms with Crippen LogP contribution in [0.3, 0.4) is 0 Å². The van der Waals surface area contributed by atoms with Gasteiger partial charge in [-0.15, -0.1) is 0 Å².